The second kappa shape index (κ2) is 9.33. The normalized spacial score (nSPS) is 15.5. The highest BCUT2D eigenvalue weighted by atomic mass is 32.1. The molecule has 0 unspecified atom stereocenters. The molecule has 3 aromatic rings. The third-order valence-corrected chi connectivity index (χ3v) is 6.20. The van der Waals surface area contributed by atoms with Gasteiger partial charge < -0.3 is 4.90 Å². The third-order valence-electron chi connectivity index (χ3n) is 5.30. The maximum absolute atomic E-state index is 13.4. The lowest BCUT2D eigenvalue weighted by molar-refractivity contribution is 0.139. The second-order valence-corrected chi connectivity index (χ2v) is 8.28. The maximum Gasteiger partial charge on any atom is 0.123 e. The van der Waals surface area contributed by atoms with E-state index in [9.17, 15) is 8.78 Å². The molecule has 0 radical (unpaired) electrons. The first kappa shape index (κ1) is 19.8. The van der Waals surface area contributed by atoms with Gasteiger partial charge in [0.05, 0.1) is 6.04 Å². The van der Waals surface area contributed by atoms with Crippen molar-refractivity contribution in [2.24, 2.45) is 0 Å². The summed E-state index contributed by atoms with van der Waals surface area (Å²) in [6, 6.07) is 17.5. The molecule has 29 heavy (non-hydrogen) atoms. The fourth-order valence-corrected chi connectivity index (χ4v) is 4.48. The molecule has 1 fully saturated rings. The van der Waals surface area contributed by atoms with Crippen LogP contribution in [0.2, 0.25) is 0 Å². The first-order chi connectivity index (χ1) is 14.2. The number of hydrogen-bond acceptors (Lipinski definition) is 3. The molecule has 2 heterocycles. The van der Waals surface area contributed by atoms with Crippen molar-refractivity contribution >= 4 is 11.3 Å². The van der Waals surface area contributed by atoms with E-state index in [1.807, 2.05) is 24.3 Å². The third kappa shape index (κ3) is 5.11. The Morgan fingerprint density at radius 2 is 1.41 bits per heavy atom. The summed E-state index contributed by atoms with van der Waals surface area (Å²) in [6.45, 7) is 3.64. The van der Waals surface area contributed by atoms with Crippen molar-refractivity contribution in [2.45, 2.75) is 12.5 Å². The van der Waals surface area contributed by atoms with Gasteiger partial charge >= 0.3 is 0 Å². The summed E-state index contributed by atoms with van der Waals surface area (Å²) in [6.07, 6.45) is 5.38. The number of benzene rings is 2. The van der Waals surface area contributed by atoms with Gasteiger partial charge in [0.15, 0.2) is 0 Å². The Hall–Kier alpha value is -2.50. The van der Waals surface area contributed by atoms with Crippen LogP contribution in [0, 0.1) is 11.6 Å². The van der Waals surface area contributed by atoms with Crippen molar-refractivity contribution in [3.8, 4) is 0 Å². The van der Waals surface area contributed by atoms with Gasteiger partial charge in [-0.05, 0) is 53.0 Å². The summed E-state index contributed by atoms with van der Waals surface area (Å²) in [5.41, 5.74) is 2.05. The Balaban J connectivity index is 1.45. The van der Waals surface area contributed by atoms with Crippen molar-refractivity contribution in [1.82, 2.24) is 9.80 Å². The standard InChI is InChI=1S/C24H24F2N2S/c25-21-9-5-19(6-10-21)24(20-7-11-22(26)12-8-20)28-16-14-27(15-17-28)13-1-3-23-4-2-18-29-23/h1-2,4-13,18,24H,3,14-17H2. The van der Waals surface area contributed by atoms with Crippen molar-refractivity contribution in [2.75, 3.05) is 26.2 Å². The predicted octanol–water partition coefficient (Wildman–Crippen LogP) is 5.49. The van der Waals surface area contributed by atoms with E-state index in [-0.39, 0.29) is 17.7 Å². The summed E-state index contributed by atoms with van der Waals surface area (Å²) in [5, 5.41) is 2.10. The van der Waals surface area contributed by atoms with Crippen LogP contribution in [-0.2, 0) is 6.42 Å². The molecule has 0 N–H and O–H groups in total. The fourth-order valence-electron chi connectivity index (χ4n) is 3.80. The van der Waals surface area contributed by atoms with E-state index in [1.54, 1.807) is 11.3 Å². The molecule has 1 aromatic heterocycles. The molecule has 1 saturated heterocycles. The molecule has 4 rings (SSSR count). The molecule has 0 saturated carbocycles. The van der Waals surface area contributed by atoms with Crippen LogP contribution in [0.1, 0.15) is 22.0 Å². The molecule has 0 atom stereocenters. The maximum atomic E-state index is 13.4. The van der Waals surface area contributed by atoms with Crippen molar-refractivity contribution in [3.63, 3.8) is 0 Å². The Bertz CT molecular complexity index is 867. The van der Waals surface area contributed by atoms with E-state index in [0.29, 0.717) is 0 Å². The average molecular weight is 411 g/mol. The van der Waals surface area contributed by atoms with Crippen LogP contribution < -0.4 is 0 Å². The zero-order valence-corrected chi connectivity index (χ0v) is 17.0. The van der Waals surface area contributed by atoms with Gasteiger partial charge in [0.2, 0.25) is 0 Å². The molecule has 5 heteroatoms. The summed E-state index contributed by atoms with van der Waals surface area (Å²) >= 11 is 1.78. The number of nitrogens with zero attached hydrogens (tertiary/aromatic N) is 2. The highest BCUT2D eigenvalue weighted by Crippen LogP contribution is 2.30. The topological polar surface area (TPSA) is 6.48 Å². The number of piperazine rings is 1. The highest BCUT2D eigenvalue weighted by molar-refractivity contribution is 7.09. The summed E-state index contributed by atoms with van der Waals surface area (Å²) in [4.78, 5) is 6.10. The van der Waals surface area contributed by atoms with Gasteiger partial charge in [-0.15, -0.1) is 11.3 Å². The molecule has 0 bridgehead atoms. The number of halogens is 2. The lowest BCUT2D eigenvalue weighted by atomic mass is 9.96. The first-order valence-corrected chi connectivity index (χ1v) is 10.7. The molecule has 1 aliphatic heterocycles. The van der Waals surface area contributed by atoms with E-state index >= 15 is 0 Å². The van der Waals surface area contributed by atoms with Gasteiger partial charge in [0, 0.05) is 37.5 Å². The van der Waals surface area contributed by atoms with E-state index in [4.69, 9.17) is 0 Å². The van der Waals surface area contributed by atoms with Gasteiger partial charge in [0.1, 0.15) is 11.6 Å². The largest absolute Gasteiger partial charge is 0.375 e. The van der Waals surface area contributed by atoms with Crippen LogP contribution in [-0.4, -0.2) is 36.0 Å². The van der Waals surface area contributed by atoms with Crippen molar-refractivity contribution in [3.05, 3.63) is 106 Å². The summed E-state index contributed by atoms with van der Waals surface area (Å²) < 4.78 is 26.9. The van der Waals surface area contributed by atoms with Crippen LogP contribution >= 0.6 is 11.3 Å². The number of hydrogen-bond donors (Lipinski definition) is 0. The first-order valence-electron chi connectivity index (χ1n) is 9.87. The zero-order valence-electron chi connectivity index (χ0n) is 16.2. The van der Waals surface area contributed by atoms with Crippen LogP contribution in [0.3, 0.4) is 0 Å². The minimum absolute atomic E-state index is 0.00607. The van der Waals surface area contributed by atoms with Crippen LogP contribution in [0.4, 0.5) is 8.78 Å². The quantitative estimate of drug-likeness (QED) is 0.530. The Morgan fingerprint density at radius 3 is 1.93 bits per heavy atom. The number of thiophene rings is 1. The molecule has 2 aromatic carbocycles. The molecule has 0 aliphatic carbocycles. The lowest BCUT2D eigenvalue weighted by Gasteiger charge is -2.39. The smallest absolute Gasteiger partial charge is 0.123 e. The fraction of sp³-hybridized carbons (Fsp3) is 0.250. The van der Waals surface area contributed by atoms with Gasteiger partial charge in [-0.25, -0.2) is 8.78 Å². The zero-order chi connectivity index (χ0) is 20.1. The molecule has 2 nitrogen and oxygen atoms in total. The Morgan fingerprint density at radius 1 is 0.828 bits per heavy atom. The SMILES string of the molecule is Fc1ccc(C(c2ccc(F)cc2)N2CCN(C=CCc3cccs3)CC2)cc1. The molecular formula is C24H24F2N2S. The van der Waals surface area contributed by atoms with Gasteiger partial charge in [-0.2, -0.15) is 0 Å². The molecular weight excluding hydrogens is 386 g/mol. The molecule has 150 valence electrons. The Kier molecular flexibility index (Phi) is 6.37. The monoisotopic (exact) mass is 410 g/mol. The lowest BCUT2D eigenvalue weighted by Crippen LogP contribution is -2.45. The minimum atomic E-state index is -0.243. The predicted molar refractivity (Wildman–Crippen MR) is 115 cm³/mol. The van der Waals surface area contributed by atoms with Crippen LogP contribution in [0.25, 0.3) is 0 Å². The minimum Gasteiger partial charge on any atom is -0.375 e. The number of allylic oxidation sites excluding steroid dienone is 1. The van der Waals surface area contributed by atoms with Gasteiger partial charge in [-0.3, -0.25) is 4.90 Å². The Labute approximate surface area is 174 Å². The highest BCUT2D eigenvalue weighted by Gasteiger charge is 2.25. The van der Waals surface area contributed by atoms with Crippen LogP contribution in [0.5, 0.6) is 0 Å². The van der Waals surface area contributed by atoms with Gasteiger partial charge in [0.25, 0.3) is 0 Å². The summed E-state index contributed by atoms with van der Waals surface area (Å²) in [7, 11) is 0. The molecule has 0 spiro atoms. The van der Waals surface area contributed by atoms with Gasteiger partial charge in [-0.1, -0.05) is 36.4 Å². The number of rotatable bonds is 6. The molecule has 0 amide bonds. The van der Waals surface area contributed by atoms with Crippen LogP contribution in [0.15, 0.2) is 78.3 Å². The van der Waals surface area contributed by atoms with E-state index in [0.717, 1.165) is 43.7 Å². The van der Waals surface area contributed by atoms with Crippen molar-refractivity contribution < 1.29 is 8.78 Å². The van der Waals surface area contributed by atoms with E-state index in [1.165, 1.54) is 29.1 Å². The van der Waals surface area contributed by atoms with E-state index < -0.39 is 0 Å². The summed E-state index contributed by atoms with van der Waals surface area (Å²) in [5.74, 6) is -0.486. The van der Waals surface area contributed by atoms with E-state index in [2.05, 4.69) is 39.6 Å². The average Bonchev–Trinajstić information content (AvgIpc) is 3.26. The molecule has 1 aliphatic rings. The second-order valence-electron chi connectivity index (χ2n) is 7.25. The van der Waals surface area contributed by atoms with Crippen molar-refractivity contribution in [1.29, 1.82) is 0 Å².